The zero-order valence-corrected chi connectivity index (χ0v) is 16.0. The molecule has 0 aliphatic rings. The van der Waals surface area contributed by atoms with Crippen molar-refractivity contribution in [3.8, 4) is 0 Å². The van der Waals surface area contributed by atoms with Crippen molar-refractivity contribution in [2.24, 2.45) is 0 Å². The molecule has 152 valence electrons. The van der Waals surface area contributed by atoms with Gasteiger partial charge >= 0.3 is 6.18 Å². The van der Waals surface area contributed by atoms with Crippen LogP contribution in [0.5, 0.6) is 0 Å². The van der Waals surface area contributed by atoms with E-state index in [1.165, 1.54) is 0 Å². The van der Waals surface area contributed by atoms with Crippen LogP contribution < -0.4 is 0 Å². The van der Waals surface area contributed by atoms with Crippen LogP contribution in [0.1, 0.15) is 16.7 Å². The molecule has 0 unspecified atom stereocenters. The molecule has 3 aromatic carbocycles. The highest BCUT2D eigenvalue weighted by Crippen LogP contribution is 2.29. The first-order valence-electron chi connectivity index (χ1n) is 9.54. The topological polar surface area (TPSA) is 23.5 Å². The lowest BCUT2D eigenvalue weighted by Gasteiger charge is -2.36. The average Bonchev–Trinajstić information content (AvgIpc) is 2.73. The van der Waals surface area contributed by atoms with E-state index >= 15 is 0 Å². The molecule has 0 amide bonds. The first-order chi connectivity index (χ1) is 13.9. The van der Waals surface area contributed by atoms with Crippen LogP contribution in [0.4, 0.5) is 13.2 Å². The van der Waals surface area contributed by atoms with Gasteiger partial charge in [-0.3, -0.25) is 4.90 Å². The molecule has 2 nitrogen and oxygen atoms in total. The number of aliphatic hydroxyl groups is 1. The Morgan fingerprint density at radius 1 is 0.655 bits per heavy atom. The maximum Gasteiger partial charge on any atom is 0.415 e. The fourth-order valence-electron chi connectivity index (χ4n) is 3.44. The van der Waals surface area contributed by atoms with E-state index in [9.17, 15) is 18.3 Å². The number of nitrogens with zero attached hydrogens (tertiary/aromatic N) is 1. The Morgan fingerprint density at radius 3 is 1.41 bits per heavy atom. The van der Waals surface area contributed by atoms with Gasteiger partial charge < -0.3 is 5.11 Å². The molecule has 0 aromatic heterocycles. The summed E-state index contributed by atoms with van der Waals surface area (Å²) < 4.78 is 40.7. The summed E-state index contributed by atoms with van der Waals surface area (Å²) in [6, 6.07) is 26.6. The van der Waals surface area contributed by atoms with Crippen LogP contribution >= 0.6 is 0 Å². The van der Waals surface area contributed by atoms with E-state index in [0.29, 0.717) is 13.1 Å². The van der Waals surface area contributed by atoms with Crippen molar-refractivity contribution in [1.82, 2.24) is 4.90 Å². The third-order valence-electron chi connectivity index (χ3n) is 4.91. The molecule has 0 saturated carbocycles. The van der Waals surface area contributed by atoms with Crippen molar-refractivity contribution < 1.29 is 18.3 Å². The molecular weight excluding hydrogens is 375 g/mol. The Kier molecular flexibility index (Phi) is 7.07. The van der Waals surface area contributed by atoms with Crippen molar-refractivity contribution in [3.05, 3.63) is 108 Å². The lowest BCUT2D eigenvalue weighted by atomic mass is 9.97. The highest BCUT2D eigenvalue weighted by molar-refractivity contribution is 5.20. The van der Waals surface area contributed by atoms with E-state index < -0.39 is 18.3 Å². The summed E-state index contributed by atoms with van der Waals surface area (Å²) in [5.74, 6) is 0. The second kappa shape index (κ2) is 9.72. The van der Waals surface area contributed by atoms with Gasteiger partial charge in [0.15, 0.2) is 6.10 Å². The molecule has 0 radical (unpaired) electrons. The highest BCUT2D eigenvalue weighted by atomic mass is 19.4. The summed E-state index contributed by atoms with van der Waals surface area (Å²) in [5.41, 5.74) is 2.55. The molecule has 1 N–H and O–H groups in total. The van der Waals surface area contributed by atoms with Gasteiger partial charge in [-0.05, 0) is 23.1 Å². The Labute approximate surface area is 169 Å². The van der Waals surface area contributed by atoms with Crippen molar-refractivity contribution in [1.29, 1.82) is 0 Å². The summed E-state index contributed by atoms with van der Waals surface area (Å²) >= 11 is 0. The number of benzene rings is 3. The van der Waals surface area contributed by atoms with Gasteiger partial charge in [0.05, 0.1) is 0 Å². The molecule has 0 bridgehead atoms. The molecule has 3 aromatic rings. The van der Waals surface area contributed by atoms with Crippen LogP contribution in [-0.4, -0.2) is 28.3 Å². The molecule has 29 heavy (non-hydrogen) atoms. The number of alkyl halides is 3. The molecule has 0 spiro atoms. The highest BCUT2D eigenvalue weighted by Gasteiger charge is 2.45. The minimum Gasteiger partial charge on any atom is -0.382 e. The summed E-state index contributed by atoms with van der Waals surface area (Å²) in [4.78, 5) is 1.72. The van der Waals surface area contributed by atoms with Gasteiger partial charge in [-0.2, -0.15) is 13.2 Å². The van der Waals surface area contributed by atoms with Gasteiger partial charge in [0.1, 0.15) is 0 Å². The van der Waals surface area contributed by atoms with Gasteiger partial charge in [0, 0.05) is 19.1 Å². The minimum absolute atomic E-state index is 0.0984. The van der Waals surface area contributed by atoms with E-state index in [1.54, 1.807) is 29.2 Å². The van der Waals surface area contributed by atoms with E-state index in [2.05, 4.69) is 0 Å². The van der Waals surface area contributed by atoms with Gasteiger partial charge in [0.25, 0.3) is 0 Å². The minimum atomic E-state index is -4.70. The van der Waals surface area contributed by atoms with Gasteiger partial charge in [0.2, 0.25) is 0 Å². The Balaban J connectivity index is 1.95. The second-order valence-electron chi connectivity index (χ2n) is 7.12. The second-order valence-corrected chi connectivity index (χ2v) is 7.12. The van der Waals surface area contributed by atoms with Crippen LogP contribution in [0.15, 0.2) is 91.0 Å². The SMILES string of the molecule is O[C@H]([C@H](Cc1ccccc1)N(Cc1ccccc1)Cc1ccccc1)C(F)(F)F. The standard InChI is InChI=1S/C24H24F3NO/c25-24(26,27)23(29)22(16-19-10-4-1-5-11-19)28(17-20-12-6-2-7-13-20)18-21-14-8-3-9-15-21/h1-15,22-23,29H,16-18H2/t22-,23+/m0/s1. The van der Waals surface area contributed by atoms with Crippen molar-refractivity contribution >= 4 is 0 Å². The van der Waals surface area contributed by atoms with Crippen LogP contribution in [0, 0.1) is 0 Å². The lowest BCUT2D eigenvalue weighted by Crippen LogP contribution is -2.50. The van der Waals surface area contributed by atoms with Crippen molar-refractivity contribution in [2.45, 2.75) is 37.8 Å². The molecule has 0 saturated heterocycles. The number of halogens is 3. The summed E-state index contributed by atoms with van der Waals surface area (Å²) in [5, 5.41) is 10.3. The van der Waals surface area contributed by atoms with Crippen molar-refractivity contribution in [2.75, 3.05) is 0 Å². The molecule has 5 heteroatoms. The van der Waals surface area contributed by atoms with E-state index in [1.807, 2.05) is 66.7 Å². The largest absolute Gasteiger partial charge is 0.415 e. The number of aliphatic hydroxyl groups excluding tert-OH is 1. The molecule has 0 aliphatic carbocycles. The third kappa shape index (κ3) is 6.17. The average molecular weight is 399 g/mol. The monoisotopic (exact) mass is 399 g/mol. The molecule has 3 rings (SSSR count). The predicted octanol–water partition coefficient (Wildman–Crippen LogP) is 5.22. The normalized spacial score (nSPS) is 14.0. The maximum absolute atomic E-state index is 13.6. The first kappa shape index (κ1) is 21.1. The smallest absolute Gasteiger partial charge is 0.382 e. The van der Waals surface area contributed by atoms with Gasteiger partial charge in [-0.25, -0.2) is 0 Å². The first-order valence-corrected chi connectivity index (χ1v) is 9.54. The van der Waals surface area contributed by atoms with Gasteiger partial charge in [-0.1, -0.05) is 91.0 Å². The summed E-state index contributed by atoms with van der Waals surface area (Å²) in [6.45, 7) is 0.612. The Morgan fingerprint density at radius 2 is 1.03 bits per heavy atom. The molecule has 0 heterocycles. The Bertz CT molecular complexity index is 812. The third-order valence-corrected chi connectivity index (χ3v) is 4.91. The molecule has 0 fully saturated rings. The number of hydrogen-bond donors (Lipinski definition) is 1. The maximum atomic E-state index is 13.6. The quantitative estimate of drug-likeness (QED) is 0.561. The zero-order chi connectivity index (χ0) is 20.7. The van der Waals surface area contributed by atoms with Crippen LogP contribution in [0.3, 0.4) is 0 Å². The predicted molar refractivity (Wildman–Crippen MR) is 108 cm³/mol. The van der Waals surface area contributed by atoms with Crippen molar-refractivity contribution in [3.63, 3.8) is 0 Å². The Hall–Kier alpha value is -2.63. The number of rotatable bonds is 8. The fraction of sp³-hybridized carbons (Fsp3) is 0.250. The molecular formula is C24H24F3NO. The van der Waals surface area contributed by atoms with Gasteiger partial charge in [-0.15, -0.1) is 0 Å². The fourth-order valence-corrected chi connectivity index (χ4v) is 3.44. The van der Waals surface area contributed by atoms with Crippen LogP contribution in [0.2, 0.25) is 0 Å². The molecule has 0 aliphatic heterocycles. The van der Waals surface area contributed by atoms with Crippen LogP contribution in [0.25, 0.3) is 0 Å². The van der Waals surface area contributed by atoms with E-state index in [-0.39, 0.29) is 6.42 Å². The van der Waals surface area contributed by atoms with E-state index in [0.717, 1.165) is 16.7 Å². The summed E-state index contributed by atoms with van der Waals surface area (Å²) in [6.07, 6.45) is -7.05. The van der Waals surface area contributed by atoms with E-state index in [4.69, 9.17) is 0 Å². The number of hydrogen-bond acceptors (Lipinski definition) is 2. The molecule has 2 atom stereocenters. The summed E-state index contributed by atoms with van der Waals surface area (Å²) in [7, 11) is 0. The van der Waals surface area contributed by atoms with Crippen LogP contribution in [-0.2, 0) is 19.5 Å². The lowest BCUT2D eigenvalue weighted by molar-refractivity contribution is -0.223. The zero-order valence-electron chi connectivity index (χ0n) is 16.0.